The third-order valence-corrected chi connectivity index (χ3v) is 3.53. The Labute approximate surface area is 128 Å². The third kappa shape index (κ3) is 2.86. The number of rotatable bonds is 5. The molecular weight excluding hydrogens is 280 g/mol. The van der Waals surface area contributed by atoms with E-state index in [1.54, 1.807) is 13.0 Å². The molecule has 3 aromatic heterocycles. The van der Waals surface area contributed by atoms with Crippen molar-refractivity contribution in [2.24, 2.45) is 0 Å². The molecule has 0 saturated heterocycles. The number of hydrogen-bond donors (Lipinski definition) is 1. The number of amides is 1. The average Bonchev–Trinajstić information content (AvgIpc) is 3.07. The zero-order valence-corrected chi connectivity index (χ0v) is 12.7. The van der Waals surface area contributed by atoms with Gasteiger partial charge < -0.3 is 9.73 Å². The standard InChI is InChI=1S/C16H18N4O2/c1-11-10-13(12(2)22-11)16(21)17-8-5-7-15-19-18-14-6-3-4-9-20(14)15/h3-4,6,9-10H,5,7-8H2,1-2H3,(H,17,21). The topological polar surface area (TPSA) is 72.4 Å². The van der Waals surface area contributed by atoms with Crippen LogP contribution in [0, 0.1) is 13.8 Å². The lowest BCUT2D eigenvalue weighted by molar-refractivity contribution is 0.0951. The molecule has 0 atom stereocenters. The van der Waals surface area contributed by atoms with Crippen LogP contribution in [0.15, 0.2) is 34.9 Å². The van der Waals surface area contributed by atoms with Gasteiger partial charge in [0.2, 0.25) is 0 Å². The summed E-state index contributed by atoms with van der Waals surface area (Å²) >= 11 is 0. The van der Waals surface area contributed by atoms with Crippen molar-refractivity contribution < 1.29 is 9.21 Å². The second-order valence-electron chi connectivity index (χ2n) is 5.23. The van der Waals surface area contributed by atoms with Crippen molar-refractivity contribution in [1.82, 2.24) is 19.9 Å². The lowest BCUT2D eigenvalue weighted by Crippen LogP contribution is -2.25. The Morgan fingerprint density at radius 1 is 1.32 bits per heavy atom. The van der Waals surface area contributed by atoms with Crippen molar-refractivity contribution in [3.63, 3.8) is 0 Å². The monoisotopic (exact) mass is 298 g/mol. The molecule has 6 heteroatoms. The molecule has 0 aliphatic carbocycles. The van der Waals surface area contributed by atoms with Crippen molar-refractivity contribution in [3.8, 4) is 0 Å². The van der Waals surface area contributed by atoms with Gasteiger partial charge in [-0.25, -0.2) is 0 Å². The Kier molecular flexibility index (Phi) is 3.91. The Hall–Kier alpha value is -2.63. The summed E-state index contributed by atoms with van der Waals surface area (Å²) in [4.78, 5) is 12.0. The highest BCUT2D eigenvalue weighted by molar-refractivity contribution is 5.95. The number of aryl methyl sites for hydroxylation is 3. The van der Waals surface area contributed by atoms with Crippen LogP contribution in [0.5, 0.6) is 0 Å². The Morgan fingerprint density at radius 3 is 2.95 bits per heavy atom. The molecule has 0 unspecified atom stereocenters. The molecule has 1 amide bonds. The maximum Gasteiger partial charge on any atom is 0.254 e. The molecule has 0 radical (unpaired) electrons. The summed E-state index contributed by atoms with van der Waals surface area (Å²) in [6, 6.07) is 7.56. The highest BCUT2D eigenvalue weighted by Gasteiger charge is 2.12. The van der Waals surface area contributed by atoms with E-state index in [9.17, 15) is 4.79 Å². The van der Waals surface area contributed by atoms with Crippen LogP contribution in [-0.2, 0) is 6.42 Å². The first-order chi connectivity index (χ1) is 10.6. The van der Waals surface area contributed by atoms with Crippen molar-refractivity contribution in [2.45, 2.75) is 26.7 Å². The number of nitrogens with zero attached hydrogens (tertiary/aromatic N) is 3. The average molecular weight is 298 g/mol. The molecule has 1 N–H and O–H groups in total. The first kappa shape index (κ1) is 14.3. The van der Waals surface area contributed by atoms with E-state index in [2.05, 4.69) is 15.5 Å². The largest absolute Gasteiger partial charge is 0.466 e. The minimum absolute atomic E-state index is 0.0968. The van der Waals surface area contributed by atoms with Crippen molar-refractivity contribution >= 4 is 11.6 Å². The number of nitrogens with one attached hydrogen (secondary N) is 1. The molecule has 6 nitrogen and oxygen atoms in total. The maximum absolute atomic E-state index is 12.0. The first-order valence-corrected chi connectivity index (χ1v) is 7.29. The van der Waals surface area contributed by atoms with E-state index in [1.807, 2.05) is 35.7 Å². The van der Waals surface area contributed by atoms with Crippen molar-refractivity contribution in [3.05, 3.63) is 53.4 Å². The summed E-state index contributed by atoms with van der Waals surface area (Å²) in [6.07, 6.45) is 3.51. The van der Waals surface area contributed by atoms with Crippen LogP contribution in [-0.4, -0.2) is 27.0 Å². The van der Waals surface area contributed by atoms with Gasteiger partial charge in [-0.1, -0.05) is 6.07 Å². The third-order valence-electron chi connectivity index (χ3n) is 3.53. The van der Waals surface area contributed by atoms with Gasteiger partial charge in [-0.05, 0) is 38.5 Å². The van der Waals surface area contributed by atoms with Gasteiger partial charge in [0.1, 0.15) is 17.3 Å². The SMILES string of the molecule is Cc1cc(C(=O)NCCCc2nnc3ccccn23)c(C)o1. The fraction of sp³-hybridized carbons (Fsp3) is 0.312. The quantitative estimate of drug-likeness (QED) is 0.734. The van der Waals surface area contributed by atoms with Crippen LogP contribution in [0.4, 0.5) is 0 Å². The van der Waals surface area contributed by atoms with E-state index in [4.69, 9.17) is 4.42 Å². The highest BCUT2D eigenvalue weighted by Crippen LogP contribution is 2.13. The van der Waals surface area contributed by atoms with Crippen molar-refractivity contribution in [2.75, 3.05) is 6.54 Å². The molecule has 0 saturated carbocycles. The number of fused-ring (bicyclic) bond motifs is 1. The van der Waals surface area contributed by atoms with Crippen LogP contribution in [0.3, 0.4) is 0 Å². The van der Waals surface area contributed by atoms with Crippen LogP contribution in [0.25, 0.3) is 5.65 Å². The highest BCUT2D eigenvalue weighted by atomic mass is 16.3. The Balaban J connectivity index is 1.53. The fourth-order valence-electron chi connectivity index (χ4n) is 2.46. The van der Waals surface area contributed by atoms with E-state index in [1.165, 1.54) is 0 Å². The van der Waals surface area contributed by atoms with E-state index < -0.39 is 0 Å². The van der Waals surface area contributed by atoms with Gasteiger partial charge in [0.15, 0.2) is 5.65 Å². The number of carbonyl (C=O) groups excluding carboxylic acids is 1. The molecule has 3 rings (SSSR count). The lowest BCUT2D eigenvalue weighted by atomic mass is 10.2. The normalized spacial score (nSPS) is 11.0. The second kappa shape index (κ2) is 6.01. The molecule has 114 valence electrons. The minimum atomic E-state index is -0.0968. The molecular formula is C16H18N4O2. The first-order valence-electron chi connectivity index (χ1n) is 7.29. The lowest BCUT2D eigenvalue weighted by Gasteiger charge is -2.04. The van der Waals surface area contributed by atoms with Gasteiger partial charge in [0.05, 0.1) is 5.56 Å². The molecule has 3 heterocycles. The van der Waals surface area contributed by atoms with Crippen LogP contribution >= 0.6 is 0 Å². The molecule has 0 aliphatic rings. The van der Waals surface area contributed by atoms with Crippen LogP contribution in [0.1, 0.15) is 34.1 Å². The molecule has 0 aliphatic heterocycles. The number of aromatic nitrogens is 3. The van der Waals surface area contributed by atoms with Gasteiger partial charge >= 0.3 is 0 Å². The summed E-state index contributed by atoms with van der Waals surface area (Å²) < 4.78 is 7.33. The zero-order valence-electron chi connectivity index (χ0n) is 12.7. The summed E-state index contributed by atoms with van der Waals surface area (Å²) in [7, 11) is 0. The van der Waals surface area contributed by atoms with Gasteiger partial charge in [-0.3, -0.25) is 9.20 Å². The molecule has 0 aromatic carbocycles. The van der Waals surface area contributed by atoms with Gasteiger partial charge in [0.25, 0.3) is 5.91 Å². The predicted octanol–water partition coefficient (Wildman–Crippen LogP) is 2.30. The Bertz CT molecular complexity index is 803. The Morgan fingerprint density at radius 2 is 2.18 bits per heavy atom. The second-order valence-corrected chi connectivity index (χ2v) is 5.23. The number of hydrogen-bond acceptors (Lipinski definition) is 4. The predicted molar refractivity (Wildman–Crippen MR) is 81.8 cm³/mol. The summed E-state index contributed by atoms with van der Waals surface area (Å²) in [5.41, 5.74) is 1.44. The summed E-state index contributed by atoms with van der Waals surface area (Å²) in [5.74, 6) is 2.21. The molecule has 0 bridgehead atoms. The van der Waals surface area contributed by atoms with E-state index in [0.29, 0.717) is 17.9 Å². The molecule has 22 heavy (non-hydrogen) atoms. The van der Waals surface area contributed by atoms with Gasteiger partial charge in [-0.15, -0.1) is 10.2 Å². The van der Waals surface area contributed by atoms with E-state index in [-0.39, 0.29) is 5.91 Å². The van der Waals surface area contributed by atoms with Crippen molar-refractivity contribution in [1.29, 1.82) is 0 Å². The fourth-order valence-corrected chi connectivity index (χ4v) is 2.46. The molecule has 3 aromatic rings. The minimum Gasteiger partial charge on any atom is -0.466 e. The van der Waals surface area contributed by atoms with E-state index in [0.717, 1.165) is 30.1 Å². The number of carbonyl (C=O) groups is 1. The maximum atomic E-state index is 12.0. The van der Waals surface area contributed by atoms with Gasteiger partial charge in [0, 0.05) is 19.2 Å². The summed E-state index contributed by atoms with van der Waals surface area (Å²) in [5, 5.41) is 11.2. The van der Waals surface area contributed by atoms with Crippen LogP contribution in [0.2, 0.25) is 0 Å². The smallest absolute Gasteiger partial charge is 0.254 e. The number of furan rings is 1. The van der Waals surface area contributed by atoms with Gasteiger partial charge in [-0.2, -0.15) is 0 Å². The number of pyridine rings is 1. The molecule has 0 fully saturated rings. The molecule has 0 spiro atoms. The zero-order chi connectivity index (χ0) is 15.5. The van der Waals surface area contributed by atoms with Crippen LogP contribution < -0.4 is 5.32 Å². The summed E-state index contributed by atoms with van der Waals surface area (Å²) in [6.45, 7) is 4.22. The van der Waals surface area contributed by atoms with E-state index >= 15 is 0 Å².